The second-order valence-electron chi connectivity index (χ2n) is 11.3. The van der Waals surface area contributed by atoms with Crippen LogP contribution in [0, 0.1) is 11.7 Å². The number of sulfone groups is 2. The number of likely N-dealkylation sites (N-methyl/N-ethyl adjacent to an activating group) is 1. The zero-order valence-corrected chi connectivity index (χ0v) is 24.6. The van der Waals surface area contributed by atoms with Gasteiger partial charge in [-0.1, -0.05) is 12.1 Å². The fraction of sp³-hybridized carbons (Fsp3) is 0.519. The van der Waals surface area contributed by atoms with Crippen molar-refractivity contribution in [3.05, 3.63) is 59.4 Å². The van der Waals surface area contributed by atoms with E-state index in [1.165, 1.54) is 11.9 Å². The van der Waals surface area contributed by atoms with Crippen LogP contribution in [-0.4, -0.2) is 77.7 Å². The summed E-state index contributed by atoms with van der Waals surface area (Å²) in [7, 11) is -6.75. The van der Waals surface area contributed by atoms with Gasteiger partial charge in [-0.05, 0) is 55.2 Å². The molecule has 0 aliphatic carbocycles. The first-order valence-corrected chi connectivity index (χ1v) is 16.7. The molecule has 5 rings (SSSR count). The summed E-state index contributed by atoms with van der Waals surface area (Å²) >= 11 is 0. The van der Waals surface area contributed by atoms with Gasteiger partial charge in [0.15, 0.2) is 9.84 Å². The van der Waals surface area contributed by atoms with Crippen LogP contribution in [0.25, 0.3) is 0 Å². The smallest absolute Gasteiger partial charge is 0.372 e. The molecule has 17 heteroatoms. The summed E-state index contributed by atoms with van der Waals surface area (Å²) in [5.41, 5.74) is -8.24. The van der Waals surface area contributed by atoms with Gasteiger partial charge < -0.3 is 9.80 Å². The largest absolute Gasteiger partial charge is 0.435 e. The second kappa shape index (κ2) is 10.3. The molecule has 2 saturated heterocycles. The van der Waals surface area contributed by atoms with Gasteiger partial charge in [-0.3, -0.25) is 4.79 Å². The Morgan fingerprint density at radius 2 is 1.50 bits per heavy atom. The molecular formula is C27H26F8N2O5S2. The summed E-state index contributed by atoms with van der Waals surface area (Å²) < 4.78 is 161. The summed E-state index contributed by atoms with van der Waals surface area (Å²) in [4.78, 5) is 15.7. The van der Waals surface area contributed by atoms with Crippen molar-refractivity contribution < 1.29 is 56.8 Å². The molecule has 0 radical (unpaired) electrons. The predicted molar refractivity (Wildman–Crippen MR) is 141 cm³/mol. The number of likely N-dealkylation sites (tertiary alicyclic amines) is 1. The topological polar surface area (TPSA) is 91.8 Å². The van der Waals surface area contributed by atoms with Crippen molar-refractivity contribution in [3.8, 4) is 0 Å². The maximum absolute atomic E-state index is 15.0. The number of amides is 1. The Bertz CT molecular complexity index is 1670. The minimum Gasteiger partial charge on any atom is -0.372 e. The summed E-state index contributed by atoms with van der Waals surface area (Å²) in [5.74, 6) is -2.58. The van der Waals surface area contributed by atoms with E-state index in [4.69, 9.17) is 0 Å². The molecule has 2 fully saturated rings. The SMILES string of the molecule is CN1CC2N(C(=O)C3CCS(=O)(=O)CC3)CCC2(S(=O)(=O)c2ccc(F)cc2)c2ccc(C(F)(C(F)(F)F)C(F)(F)F)cc21. The average molecular weight is 675 g/mol. The number of carbonyl (C=O) groups is 1. The molecule has 3 heterocycles. The lowest BCUT2D eigenvalue weighted by Gasteiger charge is -2.47. The van der Waals surface area contributed by atoms with E-state index in [0.29, 0.717) is 12.1 Å². The number of alkyl halides is 7. The molecule has 3 aliphatic rings. The third-order valence-corrected chi connectivity index (χ3v) is 13.2. The highest BCUT2D eigenvalue weighted by Crippen LogP contribution is 2.57. The van der Waals surface area contributed by atoms with E-state index in [1.54, 1.807) is 0 Å². The minimum absolute atomic E-state index is 0.00858. The van der Waals surface area contributed by atoms with Crippen molar-refractivity contribution in [3.63, 3.8) is 0 Å². The normalized spacial score (nSPS) is 24.6. The number of nitrogens with zero attached hydrogens (tertiary/aromatic N) is 2. The number of benzene rings is 2. The van der Waals surface area contributed by atoms with Gasteiger partial charge >= 0.3 is 18.0 Å². The van der Waals surface area contributed by atoms with E-state index in [2.05, 4.69) is 0 Å². The second-order valence-corrected chi connectivity index (χ2v) is 15.8. The lowest BCUT2D eigenvalue weighted by Crippen LogP contribution is -2.58. The Balaban J connectivity index is 1.69. The van der Waals surface area contributed by atoms with Gasteiger partial charge in [0.05, 0.1) is 22.4 Å². The number of hydrogen-bond acceptors (Lipinski definition) is 6. The maximum atomic E-state index is 15.0. The van der Waals surface area contributed by atoms with Crippen molar-refractivity contribution in [2.75, 3.05) is 36.5 Å². The molecule has 7 nitrogen and oxygen atoms in total. The first-order chi connectivity index (χ1) is 20.2. The van der Waals surface area contributed by atoms with Crippen molar-refractivity contribution in [2.24, 2.45) is 5.92 Å². The predicted octanol–water partition coefficient (Wildman–Crippen LogP) is 4.66. The monoisotopic (exact) mass is 674 g/mol. The van der Waals surface area contributed by atoms with Gasteiger partial charge in [0, 0.05) is 37.3 Å². The first-order valence-electron chi connectivity index (χ1n) is 13.4. The molecule has 242 valence electrons. The third-order valence-electron chi connectivity index (χ3n) is 8.92. The number of carbonyl (C=O) groups excluding carboxylic acids is 1. The zero-order chi connectivity index (χ0) is 32.7. The highest BCUT2D eigenvalue weighted by molar-refractivity contribution is 7.92. The van der Waals surface area contributed by atoms with Crippen LogP contribution in [0.15, 0.2) is 47.4 Å². The Morgan fingerprint density at radius 3 is 2.05 bits per heavy atom. The van der Waals surface area contributed by atoms with E-state index in [9.17, 15) is 52.4 Å². The highest BCUT2D eigenvalue weighted by Gasteiger charge is 2.74. The van der Waals surface area contributed by atoms with Crippen molar-refractivity contribution in [2.45, 2.75) is 53.0 Å². The standard InChI is InChI=1S/C27H26F8N2O5S2/c1-36-15-22-24(44(41,42)19-5-3-18(28)4-6-19,10-11-37(22)23(38)16-8-12-43(39,40)13-9-16)20-7-2-17(14-21(20)36)25(29,26(30,31)32)27(33,34)35/h2-7,14,16,22H,8-13,15H2,1H3. The van der Waals surface area contributed by atoms with E-state index >= 15 is 4.39 Å². The molecule has 2 unspecified atom stereocenters. The molecule has 2 aromatic carbocycles. The van der Waals surface area contributed by atoms with Crippen LogP contribution in [0.1, 0.15) is 30.4 Å². The van der Waals surface area contributed by atoms with Crippen LogP contribution in [0.5, 0.6) is 0 Å². The molecule has 2 atom stereocenters. The summed E-state index contributed by atoms with van der Waals surface area (Å²) in [6.07, 6.45) is -13.2. The molecular weight excluding hydrogens is 648 g/mol. The maximum Gasteiger partial charge on any atom is 0.435 e. The van der Waals surface area contributed by atoms with Gasteiger partial charge in [-0.25, -0.2) is 25.6 Å². The molecule has 44 heavy (non-hydrogen) atoms. The summed E-state index contributed by atoms with van der Waals surface area (Å²) in [6.45, 7) is -0.578. The molecule has 1 amide bonds. The Morgan fingerprint density at radius 1 is 0.932 bits per heavy atom. The van der Waals surface area contributed by atoms with Gasteiger partial charge in [0.2, 0.25) is 5.91 Å². The Kier molecular flexibility index (Phi) is 7.59. The number of fused-ring (bicyclic) bond motifs is 3. The van der Waals surface area contributed by atoms with Crippen LogP contribution in [0.4, 0.5) is 40.8 Å². The molecule has 0 bridgehead atoms. The number of hydrogen-bond donors (Lipinski definition) is 0. The summed E-state index contributed by atoms with van der Waals surface area (Å²) in [6, 6.07) is 3.69. The zero-order valence-electron chi connectivity index (χ0n) is 22.9. The van der Waals surface area contributed by atoms with Gasteiger partial charge in [0.25, 0.3) is 0 Å². The third kappa shape index (κ3) is 4.75. The minimum atomic E-state index is -6.41. The van der Waals surface area contributed by atoms with E-state index in [1.807, 2.05) is 0 Å². The molecule has 0 saturated carbocycles. The Labute approximate surface area is 247 Å². The van der Waals surface area contributed by atoms with E-state index in [-0.39, 0.29) is 55.5 Å². The van der Waals surface area contributed by atoms with E-state index in [0.717, 1.165) is 29.2 Å². The first kappa shape index (κ1) is 32.4. The highest BCUT2D eigenvalue weighted by atomic mass is 32.2. The van der Waals surface area contributed by atoms with Crippen LogP contribution < -0.4 is 4.90 Å². The molecule has 0 aromatic heterocycles. The van der Waals surface area contributed by atoms with Crippen molar-refractivity contribution in [1.82, 2.24) is 4.90 Å². The van der Waals surface area contributed by atoms with Gasteiger partial charge in [-0.15, -0.1) is 0 Å². The van der Waals surface area contributed by atoms with Crippen LogP contribution in [-0.2, 0) is 34.9 Å². The molecule has 0 spiro atoms. The van der Waals surface area contributed by atoms with Crippen molar-refractivity contribution >= 4 is 31.3 Å². The van der Waals surface area contributed by atoms with Gasteiger partial charge in [0.1, 0.15) is 20.4 Å². The van der Waals surface area contributed by atoms with Crippen LogP contribution in [0.2, 0.25) is 0 Å². The van der Waals surface area contributed by atoms with Gasteiger partial charge in [-0.2, -0.15) is 26.3 Å². The van der Waals surface area contributed by atoms with Crippen molar-refractivity contribution in [1.29, 1.82) is 0 Å². The number of rotatable bonds is 4. The van der Waals surface area contributed by atoms with Crippen LogP contribution >= 0.6 is 0 Å². The fourth-order valence-electron chi connectivity index (χ4n) is 6.60. The fourth-order valence-corrected chi connectivity index (χ4v) is 10.4. The van der Waals surface area contributed by atoms with Crippen LogP contribution in [0.3, 0.4) is 0 Å². The lowest BCUT2D eigenvalue weighted by molar-refractivity contribution is -0.348. The molecule has 3 aliphatic heterocycles. The molecule has 2 aromatic rings. The number of halogens is 8. The lowest BCUT2D eigenvalue weighted by atomic mass is 9.82. The summed E-state index contributed by atoms with van der Waals surface area (Å²) in [5, 5.41) is 0. The average Bonchev–Trinajstić information content (AvgIpc) is 3.32. The van der Waals surface area contributed by atoms with E-state index < -0.39 is 82.3 Å². The quantitative estimate of drug-likeness (QED) is 0.347. The molecule has 0 N–H and O–H groups in total. The number of anilines is 1. The Hall–Kier alpha value is -2.95.